The Balaban J connectivity index is 2.34. The highest BCUT2D eigenvalue weighted by atomic mass is 32.2. The highest BCUT2D eigenvalue weighted by Gasteiger charge is 2.04. The molecule has 0 heterocycles. The summed E-state index contributed by atoms with van der Waals surface area (Å²) in [7, 11) is 0. The number of hydrogen-bond donors (Lipinski definition) is 3. The number of amides is 1. The summed E-state index contributed by atoms with van der Waals surface area (Å²) in [5, 5.41) is 11.6. The van der Waals surface area contributed by atoms with Gasteiger partial charge in [0.2, 0.25) is 17.2 Å². The van der Waals surface area contributed by atoms with Crippen molar-refractivity contribution in [1.82, 2.24) is 4.72 Å². The predicted molar refractivity (Wildman–Crippen MR) is 64.5 cm³/mol. The first-order valence-electron chi connectivity index (χ1n) is 4.99. The Kier molecular flexibility index (Phi) is 5.61. The zero-order valence-corrected chi connectivity index (χ0v) is 10.1. The molecule has 0 spiro atoms. The van der Waals surface area contributed by atoms with Gasteiger partial charge >= 0.3 is 0 Å². The van der Waals surface area contributed by atoms with Crippen molar-refractivity contribution in [3.05, 3.63) is 24.3 Å². The zero-order valence-electron chi connectivity index (χ0n) is 9.30. The van der Waals surface area contributed by atoms with E-state index in [2.05, 4.69) is 10.0 Å². The number of rotatable bonds is 6. The van der Waals surface area contributed by atoms with E-state index in [0.29, 0.717) is 12.3 Å². The summed E-state index contributed by atoms with van der Waals surface area (Å²) < 4.78 is 18.1. The van der Waals surface area contributed by atoms with Crippen LogP contribution in [0.15, 0.2) is 24.3 Å². The minimum absolute atomic E-state index is 0.118. The Hall–Kier alpha value is -1.44. The average Bonchev–Trinajstić information content (AvgIpc) is 2.30. The molecular formula is C10H14N2O4S. The van der Waals surface area contributed by atoms with Crippen LogP contribution in [0.25, 0.3) is 0 Å². The standard InChI is InChI=1S/C10H14N2O4S/c1-2-16-17(15)11-7-10(14)12-8-3-5-9(13)6-4-8/h3-6,11,13H,2,7H2,1H3,(H,12,14). The molecular weight excluding hydrogens is 244 g/mol. The first-order valence-corrected chi connectivity index (χ1v) is 6.06. The summed E-state index contributed by atoms with van der Waals surface area (Å²) in [6.45, 7) is 1.89. The number of phenols is 1. The van der Waals surface area contributed by atoms with Crippen molar-refractivity contribution in [2.24, 2.45) is 0 Å². The zero-order chi connectivity index (χ0) is 12.7. The molecule has 0 aliphatic heterocycles. The van der Waals surface area contributed by atoms with Crippen LogP contribution in [0.5, 0.6) is 5.75 Å². The Morgan fingerprint density at radius 2 is 2.06 bits per heavy atom. The lowest BCUT2D eigenvalue weighted by Gasteiger charge is -2.06. The molecule has 0 fully saturated rings. The highest BCUT2D eigenvalue weighted by molar-refractivity contribution is 7.78. The largest absolute Gasteiger partial charge is 0.508 e. The van der Waals surface area contributed by atoms with Gasteiger partial charge in [0, 0.05) is 5.69 Å². The summed E-state index contributed by atoms with van der Waals surface area (Å²) in [5.41, 5.74) is 0.553. The van der Waals surface area contributed by atoms with Gasteiger partial charge in [-0.25, -0.2) is 8.93 Å². The lowest BCUT2D eigenvalue weighted by molar-refractivity contribution is -0.115. The molecule has 17 heavy (non-hydrogen) atoms. The number of carbonyl (C=O) groups is 1. The summed E-state index contributed by atoms with van der Waals surface area (Å²) in [4.78, 5) is 11.4. The maximum atomic E-state index is 11.4. The Bertz CT molecular complexity index is 394. The molecule has 94 valence electrons. The fourth-order valence-electron chi connectivity index (χ4n) is 1.02. The fourth-order valence-corrected chi connectivity index (χ4v) is 1.57. The molecule has 7 heteroatoms. The third-order valence-corrected chi connectivity index (χ3v) is 2.56. The van der Waals surface area contributed by atoms with Crippen molar-refractivity contribution in [1.29, 1.82) is 0 Å². The molecule has 1 aromatic rings. The van der Waals surface area contributed by atoms with Crippen LogP contribution in [-0.4, -0.2) is 28.4 Å². The molecule has 0 aliphatic carbocycles. The molecule has 6 nitrogen and oxygen atoms in total. The Labute approximate surface area is 102 Å². The summed E-state index contributed by atoms with van der Waals surface area (Å²) >= 11 is -1.65. The quantitative estimate of drug-likeness (QED) is 0.650. The van der Waals surface area contributed by atoms with Gasteiger partial charge in [-0.1, -0.05) is 0 Å². The van der Waals surface area contributed by atoms with Gasteiger partial charge in [-0.2, -0.15) is 0 Å². The molecule has 1 unspecified atom stereocenters. The van der Waals surface area contributed by atoms with Gasteiger partial charge in [-0.15, -0.1) is 0 Å². The minimum atomic E-state index is -1.65. The van der Waals surface area contributed by atoms with Crippen LogP contribution in [0.3, 0.4) is 0 Å². The van der Waals surface area contributed by atoms with Crippen LogP contribution in [0, 0.1) is 0 Å². The van der Waals surface area contributed by atoms with Gasteiger partial charge < -0.3 is 10.4 Å². The predicted octanol–water partition coefficient (Wildman–Crippen LogP) is 0.535. The monoisotopic (exact) mass is 258 g/mol. The number of nitrogens with one attached hydrogen (secondary N) is 2. The molecule has 0 radical (unpaired) electrons. The van der Waals surface area contributed by atoms with Gasteiger partial charge in [-0.05, 0) is 31.2 Å². The van der Waals surface area contributed by atoms with E-state index >= 15 is 0 Å². The molecule has 1 rings (SSSR count). The average molecular weight is 258 g/mol. The number of aromatic hydroxyl groups is 1. The topological polar surface area (TPSA) is 87.7 Å². The molecule has 1 amide bonds. The van der Waals surface area contributed by atoms with E-state index in [9.17, 15) is 9.00 Å². The van der Waals surface area contributed by atoms with Crippen LogP contribution < -0.4 is 10.0 Å². The van der Waals surface area contributed by atoms with E-state index in [1.807, 2.05) is 0 Å². The van der Waals surface area contributed by atoms with Crippen LogP contribution in [0.2, 0.25) is 0 Å². The highest BCUT2D eigenvalue weighted by Crippen LogP contribution is 2.13. The van der Waals surface area contributed by atoms with Crippen molar-refractivity contribution < 1.29 is 18.3 Å². The van der Waals surface area contributed by atoms with Gasteiger partial charge in [-0.3, -0.25) is 8.98 Å². The lowest BCUT2D eigenvalue weighted by Crippen LogP contribution is -2.30. The van der Waals surface area contributed by atoms with Crippen molar-refractivity contribution in [3.8, 4) is 5.75 Å². The second-order valence-electron chi connectivity index (χ2n) is 3.06. The van der Waals surface area contributed by atoms with E-state index in [0.717, 1.165) is 0 Å². The molecule has 0 aliphatic rings. The molecule has 0 saturated carbocycles. The second-order valence-corrected chi connectivity index (χ2v) is 4.05. The molecule has 0 saturated heterocycles. The number of benzene rings is 1. The van der Waals surface area contributed by atoms with Crippen LogP contribution in [-0.2, 0) is 20.2 Å². The minimum Gasteiger partial charge on any atom is -0.508 e. The maximum Gasteiger partial charge on any atom is 0.239 e. The third kappa shape index (κ3) is 5.43. The SMILES string of the molecule is CCOS(=O)NCC(=O)Nc1ccc(O)cc1. The van der Waals surface area contributed by atoms with E-state index < -0.39 is 11.3 Å². The van der Waals surface area contributed by atoms with E-state index in [1.54, 1.807) is 19.1 Å². The van der Waals surface area contributed by atoms with E-state index in [4.69, 9.17) is 9.29 Å². The van der Waals surface area contributed by atoms with Crippen molar-refractivity contribution in [2.45, 2.75) is 6.92 Å². The molecule has 3 N–H and O–H groups in total. The summed E-state index contributed by atoms with van der Waals surface area (Å²) in [5.74, 6) is -0.220. The number of anilines is 1. The summed E-state index contributed by atoms with van der Waals surface area (Å²) in [6.07, 6.45) is 0. The number of phenolic OH excluding ortho intramolecular Hbond substituents is 1. The second kappa shape index (κ2) is 7.00. The first kappa shape index (κ1) is 13.6. The lowest BCUT2D eigenvalue weighted by atomic mass is 10.3. The van der Waals surface area contributed by atoms with Crippen molar-refractivity contribution in [3.63, 3.8) is 0 Å². The van der Waals surface area contributed by atoms with Crippen LogP contribution in [0.4, 0.5) is 5.69 Å². The van der Waals surface area contributed by atoms with Gasteiger partial charge in [0.05, 0.1) is 13.2 Å². The summed E-state index contributed by atoms with van der Waals surface area (Å²) in [6, 6.07) is 6.04. The van der Waals surface area contributed by atoms with Gasteiger partial charge in [0.25, 0.3) is 0 Å². The van der Waals surface area contributed by atoms with Crippen LogP contribution >= 0.6 is 0 Å². The molecule has 0 bridgehead atoms. The van der Waals surface area contributed by atoms with Gasteiger partial charge in [0.15, 0.2) is 0 Å². The van der Waals surface area contributed by atoms with Crippen molar-refractivity contribution >= 4 is 22.9 Å². The normalized spacial score (nSPS) is 12.1. The molecule has 0 aromatic heterocycles. The smallest absolute Gasteiger partial charge is 0.239 e. The van der Waals surface area contributed by atoms with Gasteiger partial charge in [0.1, 0.15) is 5.75 Å². The van der Waals surface area contributed by atoms with E-state index in [-0.39, 0.29) is 18.2 Å². The Morgan fingerprint density at radius 3 is 2.65 bits per heavy atom. The fraction of sp³-hybridized carbons (Fsp3) is 0.300. The first-order chi connectivity index (χ1) is 8.11. The third-order valence-electron chi connectivity index (χ3n) is 1.73. The molecule has 1 aromatic carbocycles. The van der Waals surface area contributed by atoms with Crippen LogP contribution in [0.1, 0.15) is 6.92 Å². The molecule has 1 atom stereocenters. The van der Waals surface area contributed by atoms with E-state index in [1.165, 1.54) is 12.1 Å². The number of hydrogen-bond acceptors (Lipinski definition) is 4. The number of carbonyl (C=O) groups excluding carboxylic acids is 1. The Morgan fingerprint density at radius 1 is 1.41 bits per heavy atom. The van der Waals surface area contributed by atoms with Crippen molar-refractivity contribution in [2.75, 3.05) is 18.5 Å². The maximum absolute atomic E-state index is 11.4.